The molecule has 0 bridgehead atoms. The Morgan fingerprint density at radius 1 is 1.08 bits per heavy atom. The van der Waals surface area contributed by atoms with Gasteiger partial charge >= 0.3 is 5.97 Å². The topological polar surface area (TPSA) is 115 Å². The van der Waals surface area contributed by atoms with E-state index in [9.17, 15) is 14.4 Å². The minimum Gasteiger partial charge on any atom is -0.464 e. The number of hydrogen-bond acceptors (Lipinski definition) is 7. The molecule has 1 aliphatic rings. The summed E-state index contributed by atoms with van der Waals surface area (Å²) in [5, 5.41) is 4.50. The standard InChI is InChI=1S/C27H46N4O4S/c1-2-3-4-5-6-7-8-9-10-11-12-13-17-35-25(32)19-29-26(33)24-15-14-16-31(24)27(34)23(28)18-22-20-36-21-30-22/h20-21,23-24H,2-19,28H2,1H3,(H,29,33)/t23-,24-/m0/s1. The van der Waals surface area contributed by atoms with E-state index in [1.165, 1.54) is 80.4 Å². The van der Waals surface area contributed by atoms with Crippen LogP contribution in [-0.2, 0) is 25.5 Å². The van der Waals surface area contributed by atoms with Crippen molar-refractivity contribution < 1.29 is 19.1 Å². The van der Waals surface area contributed by atoms with E-state index in [4.69, 9.17) is 10.5 Å². The number of amides is 2. The molecule has 0 saturated carbocycles. The molecule has 9 heteroatoms. The fourth-order valence-corrected chi connectivity index (χ4v) is 5.20. The fourth-order valence-electron chi connectivity index (χ4n) is 4.62. The lowest BCUT2D eigenvalue weighted by Crippen LogP contribution is -2.52. The zero-order valence-corrected chi connectivity index (χ0v) is 22.9. The highest BCUT2D eigenvalue weighted by Gasteiger charge is 2.36. The maximum atomic E-state index is 12.8. The average Bonchev–Trinajstić information content (AvgIpc) is 3.57. The predicted molar refractivity (Wildman–Crippen MR) is 144 cm³/mol. The van der Waals surface area contributed by atoms with Crippen LogP contribution in [0.5, 0.6) is 0 Å². The largest absolute Gasteiger partial charge is 0.464 e. The average molecular weight is 523 g/mol. The number of unbranched alkanes of at least 4 members (excludes halogenated alkanes) is 11. The van der Waals surface area contributed by atoms with Crippen LogP contribution in [0.1, 0.15) is 103 Å². The Labute approximate surface area is 220 Å². The number of carbonyl (C=O) groups excluding carboxylic acids is 3. The molecule has 0 aromatic carbocycles. The summed E-state index contributed by atoms with van der Waals surface area (Å²) in [6.07, 6.45) is 16.7. The number of thiazole rings is 1. The van der Waals surface area contributed by atoms with Crippen molar-refractivity contribution in [1.29, 1.82) is 0 Å². The molecule has 1 fully saturated rings. The van der Waals surface area contributed by atoms with E-state index in [1.54, 1.807) is 5.51 Å². The number of nitrogens with one attached hydrogen (secondary N) is 1. The number of likely N-dealkylation sites (tertiary alicyclic amines) is 1. The molecule has 3 N–H and O–H groups in total. The number of nitrogens with zero attached hydrogens (tertiary/aromatic N) is 2. The van der Waals surface area contributed by atoms with Gasteiger partial charge in [0, 0.05) is 18.3 Å². The van der Waals surface area contributed by atoms with Gasteiger partial charge in [-0.3, -0.25) is 14.4 Å². The normalized spacial score (nSPS) is 16.2. The van der Waals surface area contributed by atoms with Gasteiger partial charge in [0.05, 0.1) is 23.9 Å². The van der Waals surface area contributed by atoms with Crippen LogP contribution < -0.4 is 11.1 Å². The van der Waals surface area contributed by atoms with E-state index in [-0.39, 0.29) is 18.4 Å². The molecule has 1 aliphatic heterocycles. The van der Waals surface area contributed by atoms with Gasteiger partial charge in [-0.2, -0.15) is 0 Å². The molecule has 0 unspecified atom stereocenters. The summed E-state index contributed by atoms with van der Waals surface area (Å²) in [7, 11) is 0. The maximum absolute atomic E-state index is 12.8. The van der Waals surface area contributed by atoms with Gasteiger partial charge in [0.15, 0.2) is 0 Å². The highest BCUT2D eigenvalue weighted by molar-refractivity contribution is 7.07. The third kappa shape index (κ3) is 11.8. The quantitative estimate of drug-likeness (QED) is 0.206. The second kappa shape index (κ2) is 18.3. The summed E-state index contributed by atoms with van der Waals surface area (Å²) in [6, 6.07) is -1.33. The molecule has 8 nitrogen and oxygen atoms in total. The number of aromatic nitrogens is 1. The lowest BCUT2D eigenvalue weighted by molar-refractivity contribution is -0.145. The van der Waals surface area contributed by atoms with E-state index in [0.717, 1.165) is 25.0 Å². The van der Waals surface area contributed by atoms with Crippen molar-refractivity contribution in [2.24, 2.45) is 5.73 Å². The molecular formula is C27H46N4O4S. The molecule has 2 heterocycles. The van der Waals surface area contributed by atoms with Gasteiger partial charge in [-0.25, -0.2) is 4.98 Å². The minimum absolute atomic E-state index is 0.180. The molecule has 0 spiro atoms. The summed E-state index contributed by atoms with van der Waals surface area (Å²) < 4.78 is 5.26. The second-order valence-electron chi connectivity index (χ2n) is 9.81. The summed E-state index contributed by atoms with van der Waals surface area (Å²) in [5.74, 6) is -1.03. The molecule has 0 radical (unpaired) electrons. The lowest BCUT2D eigenvalue weighted by atomic mass is 10.1. The Morgan fingerprint density at radius 3 is 2.33 bits per heavy atom. The second-order valence-corrected chi connectivity index (χ2v) is 10.5. The molecular weight excluding hydrogens is 476 g/mol. The Morgan fingerprint density at radius 2 is 1.72 bits per heavy atom. The number of rotatable bonds is 19. The van der Waals surface area contributed by atoms with Crippen LogP contribution in [0.2, 0.25) is 0 Å². The number of carbonyl (C=O) groups is 3. The van der Waals surface area contributed by atoms with E-state index >= 15 is 0 Å². The van der Waals surface area contributed by atoms with Gasteiger partial charge in [0.1, 0.15) is 12.6 Å². The van der Waals surface area contributed by atoms with Crippen molar-refractivity contribution in [3.63, 3.8) is 0 Å². The van der Waals surface area contributed by atoms with Crippen LogP contribution in [0.3, 0.4) is 0 Å². The Bertz CT molecular complexity index is 759. The van der Waals surface area contributed by atoms with E-state index in [2.05, 4.69) is 17.2 Å². The van der Waals surface area contributed by atoms with Crippen LogP contribution in [-0.4, -0.2) is 59.4 Å². The van der Waals surface area contributed by atoms with Crippen molar-refractivity contribution in [3.8, 4) is 0 Å². The zero-order valence-electron chi connectivity index (χ0n) is 22.1. The molecule has 1 aromatic rings. The van der Waals surface area contributed by atoms with E-state index < -0.39 is 18.1 Å². The third-order valence-electron chi connectivity index (χ3n) is 6.74. The Balaban J connectivity index is 1.51. The van der Waals surface area contributed by atoms with Gasteiger partial charge in [-0.15, -0.1) is 11.3 Å². The third-order valence-corrected chi connectivity index (χ3v) is 7.37. The van der Waals surface area contributed by atoms with Crippen LogP contribution in [0.4, 0.5) is 0 Å². The first-order chi connectivity index (χ1) is 17.5. The van der Waals surface area contributed by atoms with Gasteiger partial charge in [-0.1, -0.05) is 77.6 Å². The minimum atomic E-state index is -0.735. The maximum Gasteiger partial charge on any atom is 0.325 e. The van der Waals surface area contributed by atoms with Crippen molar-refractivity contribution in [2.75, 3.05) is 19.7 Å². The van der Waals surface area contributed by atoms with Gasteiger partial charge in [-0.05, 0) is 19.3 Å². The molecule has 1 aromatic heterocycles. The first kappa shape index (κ1) is 30.2. The van der Waals surface area contributed by atoms with Gasteiger partial charge in [0.25, 0.3) is 0 Å². The molecule has 2 atom stereocenters. The molecule has 1 saturated heterocycles. The van der Waals surface area contributed by atoms with E-state index in [0.29, 0.717) is 26.0 Å². The monoisotopic (exact) mass is 522 g/mol. The molecule has 2 amide bonds. The number of esters is 1. The molecule has 36 heavy (non-hydrogen) atoms. The SMILES string of the molecule is CCCCCCCCCCCCCCOC(=O)CNC(=O)[C@@H]1CCCN1C(=O)[C@@H](N)Cc1cscn1. The number of ether oxygens (including phenoxy) is 1. The first-order valence-electron chi connectivity index (χ1n) is 13.9. The first-order valence-corrected chi connectivity index (χ1v) is 14.8. The number of hydrogen-bond donors (Lipinski definition) is 2. The molecule has 0 aliphatic carbocycles. The smallest absolute Gasteiger partial charge is 0.325 e. The molecule has 204 valence electrons. The highest BCUT2D eigenvalue weighted by atomic mass is 32.1. The van der Waals surface area contributed by atoms with Crippen LogP contribution in [0.25, 0.3) is 0 Å². The highest BCUT2D eigenvalue weighted by Crippen LogP contribution is 2.19. The van der Waals surface area contributed by atoms with Gasteiger partial charge < -0.3 is 20.7 Å². The summed E-state index contributed by atoms with van der Waals surface area (Å²) in [6.45, 7) is 2.94. The zero-order chi connectivity index (χ0) is 26.0. The van der Waals surface area contributed by atoms with Crippen LogP contribution in [0, 0.1) is 0 Å². The lowest BCUT2D eigenvalue weighted by Gasteiger charge is -2.26. The summed E-state index contributed by atoms with van der Waals surface area (Å²) in [5.41, 5.74) is 8.56. The van der Waals surface area contributed by atoms with Crippen molar-refractivity contribution in [1.82, 2.24) is 15.2 Å². The van der Waals surface area contributed by atoms with Crippen molar-refractivity contribution in [3.05, 3.63) is 16.6 Å². The Hall–Kier alpha value is -2.00. The van der Waals surface area contributed by atoms with Gasteiger partial charge in [0.2, 0.25) is 11.8 Å². The van der Waals surface area contributed by atoms with Crippen molar-refractivity contribution >= 4 is 29.1 Å². The number of nitrogens with two attached hydrogens (primary N) is 1. The fraction of sp³-hybridized carbons (Fsp3) is 0.778. The van der Waals surface area contributed by atoms with Crippen LogP contribution >= 0.6 is 11.3 Å². The summed E-state index contributed by atoms with van der Waals surface area (Å²) in [4.78, 5) is 43.1. The van der Waals surface area contributed by atoms with Crippen LogP contribution in [0.15, 0.2) is 10.9 Å². The molecule has 2 rings (SSSR count). The van der Waals surface area contributed by atoms with E-state index in [1.807, 2.05) is 5.38 Å². The predicted octanol–water partition coefficient (Wildman–Crippen LogP) is 4.36. The van der Waals surface area contributed by atoms with Crippen molar-refractivity contribution in [2.45, 2.75) is 115 Å². The summed E-state index contributed by atoms with van der Waals surface area (Å²) >= 11 is 1.46. The Kier molecular flexibility index (Phi) is 15.3.